The van der Waals surface area contributed by atoms with Gasteiger partial charge in [0.1, 0.15) is 5.75 Å². The first-order valence-electron chi connectivity index (χ1n) is 6.50. The molecule has 0 aliphatic rings. The summed E-state index contributed by atoms with van der Waals surface area (Å²) >= 11 is 0. The van der Waals surface area contributed by atoms with E-state index in [4.69, 9.17) is 0 Å². The summed E-state index contributed by atoms with van der Waals surface area (Å²) in [7, 11) is 0. The first kappa shape index (κ1) is 13.6. The number of pyridine rings is 1. The van der Waals surface area contributed by atoms with E-state index in [2.05, 4.69) is 24.1 Å². The number of nitrogens with zero attached hydrogens (tertiary/aromatic N) is 1. The normalized spacial score (nSPS) is 12.4. The predicted octanol–water partition coefficient (Wildman–Crippen LogP) is 3.25. The summed E-state index contributed by atoms with van der Waals surface area (Å²) in [6.07, 6.45) is 3.68. The monoisotopic (exact) mass is 256 g/mol. The van der Waals surface area contributed by atoms with Crippen molar-refractivity contribution in [2.45, 2.75) is 33.4 Å². The van der Waals surface area contributed by atoms with Crippen molar-refractivity contribution in [3.05, 3.63) is 58.9 Å². The molecule has 0 fully saturated rings. The van der Waals surface area contributed by atoms with Crippen molar-refractivity contribution in [3.8, 4) is 5.75 Å². The number of phenols is 1. The van der Waals surface area contributed by atoms with E-state index >= 15 is 0 Å². The van der Waals surface area contributed by atoms with Crippen LogP contribution in [0.25, 0.3) is 0 Å². The Morgan fingerprint density at radius 2 is 2.05 bits per heavy atom. The van der Waals surface area contributed by atoms with Gasteiger partial charge < -0.3 is 10.4 Å². The lowest BCUT2D eigenvalue weighted by Crippen LogP contribution is -2.18. The molecular formula is C16H20N2O. The maximum atomic E-state index is 9.96. The number of rotatable bonds is 4. The van der Waals surface area contributed by atoms with Crippen molar-refractivity contribution in [3.63, 3.8) is 0 Å². The summed E-state index contributed by atoms with van der Waals surface area (Å²) in [5.74, 6) is 0.350. The fourth-order valence-corrected chi connectivity index (χ4v) is 2.07. The van der Waals surface area contributed by atoms with Gasteiger partial charge in [0.05, 0.1) is 0 Å². The van der Waals surface area contributed by atoms with Crippen molar-refractivity contribution in [1.82, 2.24) is 10.3 Å². The standard InChI is InChI=1S/C16H20N2O/c1-11-4-5-15(16(19)8-11)13(3)18-10-14-9-17-7-6-12(14)2/h4-9,13,18-19H,10H2,1-3H3. The van der Waals surface area contributed by atoms with Gasteiger partial charge in [0.15, 0.2) is 0 Å². The molecule has 2 rings (SSSR count). The van der Waals surface area contributed by atoms with Gasteiger partial charge in [-0.3, -0.25) is 4.98 Å². The largest absolute Gasteiger partial charge is 0.508 e. The van der Waals surface area contributed by atoms with Crippen LogP contribution in [-0.4, -0.2) is 10.1 Å². The van der Waals surface area contributed by atoms with Crippen LogP contribution in [0.5, 0.6) is 5.75 Å². The molecule has 0 saturated heterocycles. The molecule has 1 atom stereocenters. The van der Waals surface area contributed by atoms with Crippen molar-refractivity contribution < 1.29 is 5.11 Å². The molecule has 1 aromatic heterocycles. The number of phenolic OH excluding ortho intramolecular Hbond substituents is 1. The van der Waals surface area contributed by atoms with Gasteiger partial charge in [0, 0.05) is 30.5 Å². The first-order valence-corrected chi connectivity index (χ1v) is 6.50. The molecule has 1 aromatic carbocycles. The molecule has 0 aliphatic heterocycles. The molecule has 0 bridgehead atoms. The molecule has 1 heterocycles. The number of hydrogen-bond acceptors (Lipinski definition) is 3. The van der Waals surface area contributed by atoms with E-state index in [0.29, 0.717) is 5.75 Å². The van der Waals surface area contributed by atoms with Gasteiger partial charge in [-0.25, -0.2) is 0 Å². The molecule has 2 aromatic rings. The fourth-order valence-electron chi connectivity index (χ4n) is 2.07. The summed E-state index contributed by atoms with van der Waals surface area (Å²) in [5.41, 5.74) is 4.40. The van der Waals surface area contributed by atoms with Crippen LogP contribution in [0.15, 0.2) is 36.7 Å². The van der Waals surface area contributed by atoms with Gasteiger partial charge in [-0.1, -0.05) is 12.1 Å². The van der Waals surface area contributed by atoms with Crippen molar-refractivity contribution >= 4 is 0 Å². The van der Waals surface area contributed by atoms with Crippen LogP contribution >= 0.6 is 0 Å². The van der Waals surface area contributed by atoms with Crippen molar-refractivity contribution in [1.29, 1.82) is 0 Å². The lowest BCUT2D eigenvalue weighted by molar-refractivity contribution is 0.452. The molecule has 3 heteroatoms. The first-order chi connectivity index (χ1) is 9.08. The third-order valence-corrected chi connectivity index (χ3v) is 3.40. The minimum absolute atomic E-state index is 0.0974. The predicted molar refractivity (Wildman–Crippen MR) is 77.1 cm³/mol. The van der Waals surface area contributed by atoms with Crippen LogP contribution in [0.2, 0.25) is 0 Å². The summed E-state index contributed by atoms with van der Waals surface area (Å²) < 4.78 is 0. The van der Waals surface area contributed by atoms with E-state index in [9.17, 15) is 5.11 Å². The van der Waals surface area contributed by atoms with Gasteiger partial charge in [-0.05, 0) is 49.6 Å². The summed E-state index contributed by atoms with van der Waals surface area (Å²) in [4.78, 5) is 4.14. The second kappa shape index (κ2) is 5.85. The van der Waals surface area contributed by atoms with Crippen molar-refractivity contribution in [2.75, 3.05) is 0 Å². The Hall–Kier alpha value is -1.87. The highest BCUT2D eigenvalue weighted by molar-refractivity contribution is 5.37. The highest BCUT2D eigenvalue weighted by Crippen LogP contribution is 2.25. The molecule has 3 nitrogen and oxygen atoms in total. The molecule has 100 valence electrons. The third-order valence-electron chi connectivity index (χ3n) is 3.40. The Bertz CT molecular complexity index is 566. The average molecular weight is 256 g/mol. The number of aryl methyl sites for hydroxylation is 2. The van der Waals surface area contributed by atoms with E-state index < -0.39 is 0 Å². The Labute approximate surface area is 114 Å². The average Bonchev–Trinajstić information content (AvgIpc) is 2.37. The Morgan fingerprint density at radius 3 is 2.74 bits per heavy atom. The zero-order chi connectivity index (χ0) is 13.8. The lowest BCUT2D eigenvalue weighted by Gasteiger charge is -2.16. The fraction of sp³-hybridized carbons (Fsp3) is 0.312. The van der Waals surface area contributed by atoms with Crippen LogP contribution < -0.4 is 5.32 Å². The maximum absolute atomic E-state index is 9.96. The third kappa shape index (κ3) is 3.32. The molecule has 0 amide bonds. The van der Waals surface area contributed by atoms with Gasteiger partial charge >= 0.3 is 0 Å². The van der Waals surface area contributed by atoms with E-state index in [0.717, 1.165) is 17.7 Å². The van der Waals surface area contributed by atoms with Crippen LogP contribution in [0.1, 0.15) is 35.2 Å². The Morgan fingerprint density at radius 1 is 1.26 bits per heavy atom. The lowest BCUT2D eigenvalue weighted by atomic mass is 10.0. The Kier molecular flexibility index (Phi) is 4.17. The van der Waals surface area contributed by atoms with Crippen LogP contribution in [-0.2, 0) is 6.54 Å². The van der Waals surface area contributed by atoms with Crippen LogP contribution in [0.3, 0.4) is 0 Å². The Balaban J connectivity index is 2.05. The number of benzene rings is 1. The quantitative estimate of drug-likeness (QED) is 0.882. The second-order valence-electron chi connectivity index (χ2n) is 4.97. The zero-order valence-electron chi connectivity index (χ0n) is 11.6. The molecule has 1 unspecified atom stereocenters. The van der Waals surface area contributed by atoms with Gasteiger partial charge in [-0.2, -0.15) is 0 Å². The van der Waals surface area contributed by atoms with Gasteiger partial charge in [0.25, 0.3) is 0 Å². The van der Waals surface area contributed by atoms with E-state index in [-0.39, 0.29) is 6.04 Å². The van der Waals surface area contributed by atoms with Crippen LogP contribution in [0.4, 0.5) is 0 Å². The smallest absolute Gasteiger partial charge is 0.120 e. The van der Waals surface area contributed by atoms with Gasteiger partial charge in [0.2, 0.25) is 0 Å². The van der Waals surface area contributed by atoms with Crippen molar-refractivity contribution in [2.24, 2.45) is 0 Å². The zero-order valence-corrected chi connectivity index (χ0v) is 11.6. The summed E-state index contributed by atoms with van der Waals surface area (Å²) in [6.45, 7) is 6.84. The number of hydrogen-bond donors (Lipinski definition) is 2. The maximum Gasteiger partial charge on any atom is 0.120 e. The molecular weight excluding hydrogens is 236 g/mol. The van der Waals surface area contributed by atoms with E-state index in [1.807, 2.05) is 31.3 Å². The topological polar surface area (TPSA) is 45.2 Å². The second-order valence-corrected chi connectivity index (χ2v) is 4.97. The van der Waals surface area contributed by atoms with Crippen LogP contribution in [0, 0.1) is 13.8 Å². The molecule has 19 heavy (non-hydrogen) atoms. The molecule has 0 aliphatic carbocycles. The highest BCUT2D eigenvalue weighted by atomic mass is 16.3. The minimum Gasteiger partial charge on any atom is -0.508 e. The molecule has 2 N–H and O–H groups in total. The number of aromatic hydroxyl groups is 1. The van der Waals surface area contributed by atoms with E-state index in [1.165, 1.54) is 11.1 Å². The minimum atomic E-state index is 0.0974. The number of aromatic nitrogens is 1. The highest BCUT2D eigenvalue weighted by Gasteiger charge is 2.10. The molecule has 0 saturated carbocycles. The summed E-state index contributed by atoms with van der Waals surface area (Å²) in [6, 6.07) is 7.88. The molecule has 0 radical (unpaired) electrons. The number of nitrogens with one attached hydrogen (secondary N) is 1. The molecule has 0 spiro atoms. The van der Waals surface area contributed by atoms with E-state index in [1.54, 1.807) is 12.3 Å². The summed E-state index contributed by atoms with van der Waals surface area (Å²) in [5, 5.41) is 13.4. The SMILES string of the molecule is Cc1ccc(C(C)NCc2cnccc2C)c(O)c1. The van der Waals surface area contributed by atoms with Gasteiger partial charge in [-0.15, -0.1) is 0 Å².